The molecule has 4 heteroatoms. The van der Waals surface area contributed by atoms with Gasteiger partial charge in [0.2, 0.25) is 0 Å². The van der Waals surface area contributed by atoms with Gasteiger partial charge < -0.3 is 5.11 Å². The lowest BCUT2D eigenvalue weighted by molar-refractivity contribution is 0.0700. The molecule has 1 aromatic rings. The molecule has 0 fully saturated rings. The minimum absolute atomic E-state index is 0.0208. The van der Waals surface area contributed by atoms with E-state index in [2.05, 4.69) is 0 Å². The number of aromatic carboxylic acids is 1. The fourth-order valence-corrected chi connectivity index (χ4v) is 0.836. The lowest BCUT2D eigenvalue weighted by atomic mass is 9.81. The van der Waals surface area contributed by atoms with Crippen LogP contribution in [0.2, 0.25) is 0 Å². The minimum Gasteiger partial charge on any atom is -0.478 e. The molecule has 2 nitrogen and oxygen atoms in total. The molecule has 0 aliphatic rings. The summed E-state index contributed by atoms with van der Waals surface area (Å²) in [7, 11) is 10.7. The molecule has 0 aliphatic carbocycles. The second-order valence-electron chi connectivity index (χ2n) is 2.12. The molecule has 1 rings (SSSR count). The summed E-state index contributed by atoms with van der Waals surface area (Å²) in [5.74, 6) is -1.10. The van der Waals surface area contributed by atoms with Crippen molar-refractivity contribution in [3.05, 3.63) is 23.8 Å². The van der Waals surface area contributed by atoms with E-state index in [1.165, 1.54) is 12.1 Å². The zero-order valence-corrected chi connectivity index (χ0v) is 5.74. The first-order valence-corrected chi connectivity index (χ1v) is 3.00. The van der Waals surface area contributed by atoms with Gasteiger partial charge in [-0.15, -0.1) is 0 Å². The Morgan fingerprint density at radius 3 is 2.00 bits per heavy atom. The highest BCUT2D eigenvalue weighted by Crippen LogP contribution is 1.89. The van der Waals surface area contributed by atoms with Crippen LogP contribution in [0.4, 0.5) is 0 Å². The summed E-state index contributed by atoms with van der Waals surface area (Å²) in [5.41, 5.74) is 0.363. The third kappa shape index (κ3) is 1.45. The van der Waals surface area contributed by atoms with Gasteiger partial charge in [-0.2, -0.15) is 0 Å². The molecule has 4 radical (unpaired) electrons. The predicted octanol–water partition coefficient (Wildman–Crippen LogP) is -1.03. The largest absolute Gasteiger partial charge is 0.478 e. The number of carboxylic acid groups (broad SMARTS) is 1. The Hall–Kier alpha value is -1.18. The van der Waals surface area contributed by atoms with E-state index in [1.54, 1.807) is 6.07 Å². The fourth-order valence-electron chi connectivity index (χ4n) is 0.836. The number of rotatable bonds is 1. The van der Waals surface area contributed by atoms with Gasteiger partial charge >= 0.3 is 5.97 Å². The molecule has 0 saturated heterocycles. The van der Waals surface area contributed by atoms with Crippen LogP contribution in [0.5, 0.6) is 0 Å². The molecule has 0 unspecified atom stereocenters. The van der Waals surface area contributed by atoms with Gasteiger partial charge in [-0.3, -0.25) is 0 Å². The molecule has 1 N–H and O–H groups in total. The van der Waals surface area contributed by atoms with Crippen molar-refractivity contribution >= 4 is 32.6 Å². The maximum atomic E-state index is 10.5. The molecule has 1 aromatic carbocycles. The Balaban J connectivity index is 3.32. The summed E-state index contributed by atoms with van der Waals surface area (Å²) in [5, 5.41) is 8.59. The molecule has 0 atom stereocenters. The molecule has 50 valence electrons. The van der Waals surface area contributed by atoms with Gasteiger partial charge in [0.1, 0.15) is 15.7 Å². The van der Waals surface area contributed by atoms with E-state index in [1.807, 2.05) is 0 Å². The summed E-state index contributed by atoms with van der Waals surface area (Å²) in [6, 6.07) is 4.61. The topological polar surface area (TPSA) is 37.3 Å². The molecule has 0 aromatic heterocycles. The fraction of sp³-hybridized carbons (Fsp3) is 0. The van der Waals surface area contributed by atoms with Crippen LogP contribution in [0.15, 0.2) is 18.2 Å². The third-order valence-electron chi connectivity index (χ3n) is 1.34. The first-order valence-electron chi connectivity index (χ1n) is 3.00. The molecule has 0 saturated carbocycles. The van der Waals surface area contributed by atoms with E-state index in [9.17, 15) is 4.79 Å². The Morgan fingerprint density at radius 1 is 1.27 bits per heavy atom. The van der Waals surface area contributed by atoms with E-state index < -0.39 is 5.97 Å². The Bertz CT molecular complexity index is 276. The van der Waals surface area contributed by atoms with E-state index in [-0.39, 0.29) is 16.5 Å². The lowest BCUT2D eigenvalue weighted by Crippen LogP contribution is -2.26. The Labute approximate surface area is 67.1 Å². The van der Waals surface area contributed by atoms with Crippen molar-refractivity contribution in [2.24, 2.45) is 0 Å². The standard InChI is InChI=1S/C7H4B2O2/c8-4-2-1-3-5(9)6(4)7(10)11/h1-3H,(H,10,11). The van der Waals surface area contributed by atoms with Crippen molar-refractivity contribution in [2.45, 2.75) is 0 Å². The van der Waals surface area contributed by atoms with Crippen LogP contribution in [0, 0.1) is 0 Å². The van der Waals surface area contributed by atoms with Crippen LogP contribution in [0.25, 0.3) is 0 Å². The minimum atomic E-state index is -1.10. The van der Waals surface area contributed by atoms with Gasteiger partial charge in [0, 0.05) is 5.56 Å². The van der Waals surface area contributed by atoms with Crippen LogP contribution >= 0.6 is 0 Å². The predicted molar refractivity (Wildman–Crippen MR) is 44.2 cm³/mol. The maximum absolute atomic E-state index is 10.5. The van der Waals surface area contributed by atoms with Crippen LogP contribution in [-0.4, -0.2) is 26.8 Å². The summed E-state index contributed by atoms with van der Waals surface area (Å²) in [6.07, 6.45) is 0. The highest BCUT2D eigenvalue weighted by molar-refractivity contribution is 6.43. The third-order valence-corrected chi connectivity index (χ3v) is 1.34. The number of carboxylic acids is 1. The zero-order valence-electron chi connectivity index (χ0n) is 5.74. The molecule has 0 heterocycles. The molecule has 0 spiro atoms. The monoisotopic (exact) mass is 142 g/mol. The van der Waals surface area contributed by atoms with Gasteiger partial charge in [0.25, 0.3) is 0 Å². The number of carbonyl (C=O) groups is 1. The number of hydrogen-bond donors (Lipinski definition) is 1. The lowest BCUT2D eigenvalue weighted by Gasteiger charge is -2.03. The van der Waals surface area contributed by atoms with E-state index in [4.69, 9.17) is 20.8 Å². The molecule has 11 heavy (non-hydrogen) atoms. The van der Waals surface area contributed by atoms with E-state index >= 15 is 0 Å². The maximum Gasteiger partial charge on any atom is 0.334 e. The SMILES string of the molecule is [B]c1cccc([B])c1C(=O)O. The van der Waals surface area contributed by atoms with Crippen molar-refractivity contribution in [2.75, 3.05) is 0 Å². The van der Waals surface area contributed by atoms with Crippen molar-refractivity contribution in [1.29, 1.82) is 0 Å². The highest BCUT2D eigenvalue weighted by Gasteiger charge is 2.07. The van der Waals surface area contributed by atoms with Crippen molar-refractivity contribution in [3.63, 3.8) is 0 Å². The Kier molecular flexibility index (Phi) is 2.03. The summed E-state index contributed by atoms with van der Waals surface area (Å²) >= 11 is 0. The molecule has 0 bridgehead atoms. The van der Waals surface area contributed by atoms with Crippen molar-refractivity contribution < 1.29 is 9.90 Å². The van der Waals surface area contributed by atoms with Gasteiger partial charge in [0.05, 0.1) is 0 Å². The first kappa shape index (κ1) is 7.92. The van der Waals surface area contributed by atoms with Crippen molar-refractivity contribution in [3.8, 4) is 0 Å². The van der Waals surface area contributed by atoms with Gasteiger partial charge in [-0.05, 0) is 0 Å². The molecule has 0 amide bonds. The molecule has 0 aliphatic heterocycles. The number of hydrogen-bond acceptors (Lipinski definition) is 1. The second-order valence-corrected chi connectivity index (χ2v) is 2.12. The average molecular weight is 142 g/mol. The van der Waals surface area contributed by atoms with Crippen LogP contribution < -0.4 is 10.9 Å². The van der Waals surface area contributed by atoms with Crippen LogP contribution in [0.1, 0.15) is 10.4 Å². The van der Waals surface area contributed by atoms with Crippen LogP contribution in [0.3, 0.4) is 0 Å². The quantitative estimate of drug-likeness (QED) is 0.509. The normalized spacial score (nSPS) is 9.45. The van der Waals surface area contributed by atoms with Gasteiger partial charge in [0.15, 0.2) is 0 Å². The highest BCUT2D eigenvalue weighted by atomic mass is 16.4. The van der Waals surface area contributed by atoms with E-state index in [0.717, 1.165) is 0 Å². The smallest absolute Gasteiger partial charge is 0.334 e. The zero-order chi connectivity index (χ0) is 8.43. The average Bonchev–Trinajstić information content (AvgIpc) is 1.85. The summed E-state index contributed by atoms with van der Waals surface area (Å²) in [4.78, 5) is 10.5. The van der Waals surface area contributed by atoms with E-state index in [0.29, 0.717) is 0 Å². The second kappa shape index (κ2) is 2.82. The summed E-state index contributed by atoms with van der Waals surface area (Å²) in [6.45, 7) is 0. The van der Waals surface area contributed by atoms with Gasteiger partial charge in [-0.25, -0.2) is 4.79 Å². The van der Waals surface area contributed by atoms with Crippen molar-refractivity contribution in [1.82, 2.24) is 0 Å². The first-order chi connectivity index (χ1) is 5.13. The number of benzene rings is 1. The summed E-state index contributed by atoms with van der Waals surface area (Å²) < 4.78 is 0. The van der Waals surface area contributed by atoms with Gasteiger partial charge in [-0.1, -0.05) is 29.1 Å². The molecular weight excluding hydrogens is 138 g/mol. The molecular formula is C7H4B2O2. The van der Waals surface area contributed by atoms with Crippen LogP contribution in [-0.2, 0) is 0 Å². The Morgan fingerprint density at radius 2 is 1.73 bits per heavy atom.